The molecule has 0 aliphatic rings. The Morgan fingerprint density at radius 1 is 1.25 bits per heavy atom. The van der Waals surface area contributed by atoms with Gasteiger partial charge in [0.25, 0.3) is 0 Å². The zero-order valence-corrected chi connectivity index (χ0v) is 6.83. The molecule has 0 aliphatic heterocycles. The minimum Gasteiger partial charge on any atom is -0.250 e. The zero-order chi connectivity index (χ0) is 8.97. The van der Waals surface area contributed by atoms with Gasteiger partial charge in [-0.1, -0.05) is 30.7 Å². The molecule has 0 aromatic heterocycles. The van der Waals surface area contributed by atoms with E-state index in [1.54, 1.807) is 6.07 Å². The Morgan fingerprint density at radius 3 is 2.50 bits per heavy atom. The van der Waals surface area contributed by atoms with Crippen molar-refractivity contribution >= 4 is 11.4 Å². The maximum atomic E-state index is 6.91. The summed E-state index contributed by atoms with van der Waals surface area (Å²) in [5.41, 5.74) is 1.93. The molecule has 0 aliphatic carbocycles. The van der Waals surface area contributed by atoms with Crippen molar-refractivity contribution in [2.24, 2.45) is 0 Å². The van der Waals surface area contributed by atoms with E-state index in [0.29, 0.717) is 11.4 Å². The normalized spacial score (nSPS) is 8.58. The van der Waals surface area contributed by atoms with Crippen molar-refractivity contribution in [2.75, 3.05) is 0 Å². The minimum absolute atomic E-state index is 0.462. The van der Waals surface area contributed by atoms with E-state index in [2.05, 4.69) is 9.69 Å². The summed E-state index contributed by atoms with van der Waals surface area (Å²) in [6.45, 7) is 15.7. The molecule has 0 N–H and O–H groups in total. The van der Waals surface area contributed by atoms with Crippen LogP contribution in [0.15, 0.2) is 18.2 Å². The third kappa shape index (κ3) is 1.28. The molecule has 0 saturated heterocycles. The Morgan fingerprint density at radius 2 is 2.00 bits per heavy atom. The molecule has 0 unspecified atom stereocenters. The van der Waals surface area contributed by atoms with Crippen LogP contribution in [0.4, 0.5) is 11.4 Å². The molecule has 0 bridgehead atoms. The summed E-state index contributed by atoms with van der Waals surface area (Å²) in [4.78, 5) is 6.63. The van der Waals surface area contributed by atoms with Gasteiger partial charge < -0.3 is 0 Å². The summed E-state index contributed by atoms with van der Waals surface area (Å²) < 4.78 is 0. The molecule has 0 fully saturated rings. The predicted molar refractivity (Wildman–Crippen MR) is 48.3 cm³/mol. The zero-order valence-electron chi connectivity index (χ0n) is 6.83. The van der Waals surface area contributed by atoms with Crippen molar-refractivity contribution in [2.45, 2.75) is 13.3 Å². The second-order valence-corrected chi connectivity index (χ2v) is 2.36. The van der Waals surface area contributed by atoms with E-state index in [-0.39, 0.29) is 0 Å². The average molecular weight is 156 g/mol. The first-order valence-corrected chi connectivity index (χ1v) is 3.70. The van der Waals surface area contributed by atoms with E-state index >= 15 is 0 Å². The SMILES string of the molecule is [C-]#[N+]c1cccc(CC)c1[N+]#[C-]. The van der Waals surface area contributed by atoms with Crippen LogP contribution < -0.4 is 0 Å². The van der Waals surface area contributed by atoms with Crippen LogP contribution in [0.5, 0.6) is 0 Å². The van der Waals surface area contributed by atoms with Crippen molar-refractivity contribution in [3.63, 3.8) is 0 Å². The standard InChI is InChI=1S/C10H8N2/c1-4-8-6-5-7-9(11-2)10(8)12-3/h5-7H,4H2,1H3. The Kier molecular flexibility index (Phi) is 2.46. The molecule has 1 aromatic rings. The van der Waals surface area contributed by atoms with E-state index in [9.17, 15) is 0 Å². The third-order valence-electron chi connectivity index (χ3n) is 1.71. The number of aryl methyl sites for hydroxylation is 1. The summed E-state index contributed by atoms with van der Waals surface area (Å²) in [6, 6.07) is 5.39. The highest BCUT2D eigenvalue weighted by molar-refractivity contribution is 5.74. The van der Waals surface area contributed by atoms with Crippen LogP contribution in [-0.2, 0) is 6.42 Å². The Hall–Kier alpha value is -1.80. The number of nitrogens with zero attached hydrogens (tertiary/aromatic N) is 2. The first-order valence-electron chi connectivity index (χ1n) is 3.70. The maximum absolute atomic E-state index is 6.91. The van der Waals surface area contributed by atoms with Crippen LogP contribution in [0, 0.1) is 13.1 Å². The molecule has 1 aromatic carbocycles. The minimum atomic E-state index is 0.462. The lowest BCUT2D eigenvalue weighted by Crippen LogP contribution is -1.78. The number of hydrogen-bond acceptors (Lipinski definition) is 0. The van der Waals surface area contributed by atoms with Crippen molar-refractivity contribution in [1.82, 2.24) is 0 Å². The van der Waals surface area contributed by atoms with Crippen LogP contribution in [0.25, 0.3) is 9.69 Å². The quantitative estimate of drug-likeness (QED) is 0.551. The summed E-state index contributed by atoms with van der Waals surface area (Å²) in [7, 11) is 0. The lowest BCUT2D eigenvalue weighted by Gasteiger charge is -2.00. The molecule has 0 radical (unpaired) electrons. The largest absolute Gasteiger partial charge is 0.250 e. The summed E-state index contributed by atoms with van der Waals surface area (Å²) in [5, 5.41) is 0. The van der Waals surface area contributed by atoms with E-state index < -0.39 is 0 Å². The van der Waals surface area contributed by atoms with Gasteiger partial charge in [0.05, 0.1) is 13.1 Å². The van der Waals surface area contributed by atoms with E-state index in [0.717, 1.165) is 12.0 Å². The topological polar surface area (TPSA) is 8.72 Å². The van der Waals surface area contributed by atoms with E-state index in [4.69, 9.17) is 13.1 Å². The van der Waals surface area contributed by atoms with Gasteiger partial charge in [0.1, 0.15) is 0 Å². The molecule has 12 heavy (non-hydrogen) atoms. The average Bonchev–Trinajstić information content (AvgIpc) is 2.16. The lowest BCUT2D eigenvalue weighted by molar-refractivity contribution is 1.15. The van der Waals surface area contributed by atoms with E-state index in [1.165, 1.54) is 0 Å². The Balaban J connectivity index is 3.37. The van der Waals surface area contributed by atoms with Crippen LogP contribution in [0.1, 0.15) is 12.5 Å². The fourth-order valence-electron chi connectivity index (χ4n) is 1.08. The van der Waals surface area contributed by atoms with Crippen molar-refractivity contribution in [3.05, 3.63) is 46.6 Å². The molecule has 0 amide bonds. The van der Waals surface area contributed by atoms with Gasteiger partial charge in [0.15, 0.2) is 11.4 Å². The first-order chi connectivity index (χ1) is 5.83. The van der Waals surface area contributed by atoms with Crippen molar-refractivity contribution in [3.8, 4) is 0 Å². The lowest BCUT2D eigenvalue weighted by atomic mass is 10.1. The predicted octanol–water partition coefficient (Wildman–Crippen LogP) is 3.35. The van der Waals surface area contributed by atoms with Crippen LogP contribution in [0.2, 0.25) is 0 Å². The maximum Gasteiger partial charge on any atom is 0.197 e. The first kappa shape index (κ1) is 8.30. The monoisotopic (exact) mass is 156 g/mol. The van der Waals surface area contributed by atoms with Gasteiger partial charge >= 0.3 is 0 Å². The van der Waals surface area contributed by atoms with E-state index in [1.807, 2.05) is 19.1 Å². The molecule has 0 heterocycles. The fraction of sp³-hybridized carbons (Fsp3) is 0.200. The fourth-order valence-corrected chi connectivity index (χ4v) is 1.08. The molecule has 0 saturated carbocycles. The van der Waals surface area contributed by atoms with Gasteiger partial charge in [0.2, 0.25) is 0 Å². The van der Waals surface area contributed by atoms with Gasteiger partial charge in [-0.2, -0.15) is 0 Å². The van der Waals surface area contributed by atoms with Crippen molar-refractivity contribution < 1.29 is 0 Å². The second kappa shape index (κ2) is 3.55. The highest BCUT2D eigenvalue weighted by atomic mass is 14.8. The van der Waals surface area contributed by atoms with Crippen LogP contribution in [-0.4, -0.2) is 0 Å². The second-order valence-electron chi connectivity index (χ2n) is 2.36. The Labute approximate surface area is 72.1 Å². The molecule has 2 heteroatoms. The van der Waals surface area contributed by atoms with Gasteiger partial charge in [-0.15, -0.1) is 0 Å². The number of hydrogen-bond donors (Lipinski definition) is 0. The number of benzene rings is 1. The summed E-state index contributed by atoms with van der Waals surface area (Å²) >= 11 is 0. The summed E-state index contributed by atoms with van der Waals surface area (Å²) in [5.74, 6) is 0. The summed E-state index contributed by atoms with van der Waals surface area (Å²) in [6.07, 6.45) is 0.807. The molecule has 2 nitrogen and oxygen atoms in total. The van der Waals surface area contributed by atoms with Gasteiger partial charge in [-0.05, 0) is 6.42 Å². The highest BCUT2D eigenvalue weighted by Crippen LogP contribution is 2.31. The molecular weight excluding hydrogens is 148 g/mol. The third-order valence-corrected chi connectivity index (χ3v) is 1.71. The van der Waals surface area contributed by atoms with Gasteiger partial charge in [-0.25, -0.2) is 4.85 Å². The Bertz CT molecular complexity index is 366. The molecule has 0 spiro atoms. The van der Waals surface area contributed by atoms with Gasteiger partial charge in [0, 0.05) is 0 Å². The highest BCUT2D eigenvalue weighted by Gasteiger charge is 2.05. The smallest absolute Gasteiger partial charge is 0.197 e. The van der Waals surface area contributed by atoms with Crippen molar-refractivity contribution in [1.29, 1.82) is 0 Å². The van der Waals surface area contributed by atoms with Crippen LogP contribution >= 0.6 is 0 Å². The molecule has 0 atom stereocenters. The number of rotatable bonds is 1. The van der Waals surface area contributed by atoms with Gasteiger partial charge in [-0.3, -0.25) is 4.85 Å². The molecule has 58 valence electrons. The molecular formula is C10H8N2. The number of para-hydroxylation sites is 1. The van der Waals surface area contributed by atoms with Crippen LogP contribution in [0.3, 0.4) is 0 Å². The molecule has 1 rings (SSSR count).